The Bertz CT molecular complexity index is 910. The van der Waals surface area contributed by atoms with Crippen LogP contribution in [0.2, 0.25) is 0 Å². The van der Waals surface area contributed by atoms with Crippen molar-refractivity contribution in [2.45, 2.75) is 86.0 Å². The molecule has 0 amide bonds. The molecule has 3 rings (SSSR count). The predicted molar refractivity (Wildman–Crippen MR) is 138 cm³/mol. The number of benzene rings is 2. The van der Waals surface area contributed by atoms with E-state index in [-0.39, 0.29) is 0 Å². The molecule has 3 atom stereocenters. The third-order valence-electron chi connectivity index (χ3n) is 7.36. The molecule has 1 aliphatic rings. The van der Waals surface area contributed by atoms with Crippen LogP contribution in [0.25, 0.3) is 5.57 Å². The molecule has 0 nitrogen and oxygen atoms in total. The van der Waals surface area contributed by atoms with E-state index in [1.165, 1.54) is 65.5 Å². The van der Waals surface area contributed by atoms with Gasteiger partial charge in [-0.25, -0.2) is 0 Å². The molecule has 0 aromatic heterocycles. The molecule has 0 radical (unpaired) electrons. The highest BCUT2D eigenvalue weighted by Crippen LogP contribution is 2.38. The van der Waals surface area contributed by atoms with Crippen molar-refractivity contribution < 1.29 is 0 Å². The number of rotatable bonds is 6. The van der Waals surface area contributed by atoms with Gasteiger partial charge in [0.25, 0.3) is 0 Å². The normalized spacial score (nSPS) is 23.0. The van der Waals surface area contributed by atoms with Crippen LogP contribution in [-0.2, 0) is 6.42 Å². The SMILES string of the molecule is CC[C@H]1CC[C@@H](c2ccc(C)c(C/C(C)=C/C=C(\C)c3ccc(C)cc3)c2)C[C@@H](C)C1. The van der Waals surface area contributed by atoms with Crippen molar-refractivity contribution in [3.8, 4) is 0 Å². The Labute approximate surface area is 191 Å². The Morgan fingerprint density at radius 1 is 0.935 bits per heavy atom. The standard InChI is InChI=1S/C31H42/c1-7-27-13-17-29(20-24(4)18-27)30-16-12-26(6)31(21-30)19-23(3)8-11-25(5)28-14-9-22(2)10-15-28/h8-12,14-16,21,24,27,29H,7,13,17-20H2,1-6H3/b23-8+,25-11+/t24-,27-,29+/m0/s1. The fourth-order valence-electron chi connectivity index (χ4n) is 5.17. The minimum Gasteiger partial charge on any atom is -0.0689 e. The molecule has 0 saturated heterocycles. The van der Waals surface area contributed by atoms with E-state index in [1.54, 1.807) is 5.56 Å². The molecule has 0 heterocycles. The summed E-state index contributed by atoms with van der Waals surface area (Å²) in [6.07, 6.45) is 12.5. The molecule has 2 aromatic rings. The summed E-state index contributed by atoms with van der Waals surface area (Å²) in [4.78, 5) is 0. The largest absolute Gasteiger partial charge is 0.0689 e. The minimum absolute atomic E-state index is 0.735. The number of aryl methyl sites for hydroxylation is 2. The lowest BCUT2D eigenvalue weighted by atomic mass is 9.86. The van der Waals surface area contributed by atoms with Gasteiger partial charge in [0.05, 0.1) is 0 Å². The summed E-state index contributed by atoms with van der Waals surface area (Å²) in [6, 6.07) is 16.1. The van der Waals surface area contributed by atoms with Gasteiger partial charge in [0.15, 0.2) is 0 Å². The third kappa shape index (κ3) is 6.70. The molecule has 0 spiro atoms. The van der Waals surface area contributed by atoms with E-state index in [4.69, 9.17) is 0 Å². The zero-order chi connectivity index (χ0) is 22.4. The maximum Gasteiger partial charge on any atom is -0.00640 e. The van der Waals surface area contributed by atoms with Crippen LogP contribution in [0.4, 0.5) is 0 Å². The van der Waals surface area contributed by atoms with Crippen molar-refractivity contribution in [3.63, 3.8) is 0 Å². The third-order valence-corrected chi connectivity index (χ3v) is 7.36. The summed E-state index contributed by atoms with van der Waals surface area (Å²) in [5, 5.41) is 0. The van der Waals surface area contributed by atoms with Crippen molar-refractivity contribution in [2.75, 3.05) is 0 Å². The zero-order valence-electron chi connectivity index (χ0n) is 20.7. The van der Waals surface area contributed by atoms with Crippen LogP contribution < -0.4 is 0 Å². The maximum atomic E-state index is 2.52. The first-order chi connectivity index (χ1) is 14.9. The second-order valence-electron chi connectivity index (χ2n) is 10.2. The average molecular weight is 415 g/mol. The molecule has 0 unspecified atom stereocenters. The van der Waals surface area contributed by atoms with E-state index < -0.39 is 0 Å². The fraction of sp³-hybridized carbons (Fsp3) is 0.484. The van der Waals surface area contributed by atoms with Gasteiger partial charge in [-0.3, -0.25) is 0 Å². The highest BCUT2D eigenvalue weighted by molar-refractivity contribution is 5.65. The van der Waals surface area contributed by atoms with Crippen molar-refractivity contribution in [1.82, 2.24) is 0 Å². The molecular weight excluding hydrogens is 372 g/mol. The topological polar surface area (TPSA) is 0 Å². The summed E-state index contributed by atoms with van der Waals surface area (Å²) in [7, 11) is 0. The number of hydrogen-bond donors (Lipinski definition) is 0. The first-order valence-electron chi connectivity index (χ1n) is 12.4. The molecule has 0 heteroatoms. The van der Waals surface area contributed by atoms with Crippen molar-refractivity contribution in [3.05, 3.63) is 88.0 Å². The van der Waals surface area contributed by atoms with Crippen molar-refractivity contribution in [1.29, 1.82) is 0 Å². The molecule has 1 saturated carbocycles. The van der Waals surface area contributed by atoms with Gasteiger partial charge < -0.3 is 0 Å². The molecule has 2 aromatic carbocycles. The van der Waals surface area contributed by atoms with E-state index in [0.717, 1.165) is 24.2 Å². The van der Waals surface area contributed by atoms with Crippen LogP contribution >= 0.6 is 0 Å². The smallest absolute Gasteiger partial charge is 0.00640 e. The lowest BCUT2D eigenvalue weighted by Gasteiger charge is -2.19. The van der Waals surface area contributed by atoms with Crippen LogP contribution in [0.3, 0.4) is 0 Å². The van der Waals surface area contributed by atoms with Gasteiger partial charge in [-0.2, -0.15) is 0 Å². The summed E-state index contributed by atoms with van der Waals surface area (Å²) in [5.74, 6) is 2.51. The predicted octanol–water partition coefficient (Wildman–Crippen LogP) is 9.22. The second-order valence-corrected chi connectivity index (χ2v) is 10.2. The van der Waals surface area contributed by atoms with E-state index in [0.29, 0.717) is 0 Å². The maximum absolute atomic E-state index is 2.52. The Morgan fingerprint density at radius 3 is 2.39 bits per heavy atom. The van der Waals surface area contributed by atoms with Crippen LogP contribution in [0.5, 0.6) is 0 Å². The Hall–Kier alpha value is -2.08. The first-order valence-corrected chi connectivity index (χ1v) is 12.4. The monoisotopic (exact) mass is 414 g/mol. The van der Waals surface area contributed by atoms with Crippen LogP contribution in [-0.4, -0.2) is 0 Å². The molecule has 0 bridgehead atoms. The van der Waals surface area contributed by atoms with Crippen LogP contribution in [0, 0.1) is 25.7 Å². The van der Waals surface area contributed by atoms with Gasteiger partial charge in [-0.1, -0.05) is 86.0 Å². The summed E-state index contributed by atoms with van der Waals surface area (Å²) in [6.45, 7) is 13.7. The summed E-state index contributed by atoms with van der Waals surface area (Å²) >= 11 is 0. The second kappa shape index (κ2) is 11.0. The van der Waals surface area contributed by atoms with Crippen molar-refractivity contribution >= 4 is 5.57 Å². The van der Waals surface area contributed by atoms with Crippen LogP contribution in [0.15, 0.2) is 60.2 Å². The Balaban J connectivity index is 1.73. The molecule has 31 heavy (non-hydrogen) atoms. The Morgan fingerprint density at radius 2 is 1.68 bits per heavy atom. The molecule has 166 valence electrons. The van der Waals surface area contributed by atoms with Gasteiger partial charge >= 0.3 is 0 Å². The van der Waals surface area contributed by atoms with E-state index in [9.17, 15) is 0 Å². The highest BCUT2D eigenvalue weighted by atomic mass is 14.3. The summed E-state index contributed by atoms with van der Waals surface area (Å²) < 4.78 is 0. The average Bonchev–Trinajstić information content (AvgIpc) is 2.95. The molecular formula is C31H42. The van der Waals surface area contributed by atoms with Gasteiger partial charge in [0.1, 0.15) is 0 Å². The van der Waals surface area contributed by atoms with E-state index in [2.05, 4.69) is 96.2 Å². The van der Waals surface area contributed by atoms with E-state index in [1.807, 2.05) is 0 Å². The van der Waals surface area contributed by atoms with E-state index >= 15 is 0 Å². The van der Waals surface area contributed by atoms with Gasteiger partial charge in [0.2, 0.25) is 0 Å². The molecule has 1 aliphatic carbocycles. The molecule has 1 fully saturated rings. The zero-order valence-corrected chi connectivity index (χ0v) is 20.7. The number of hydrogen-bond acceptors (Lipinski definition) is 0. The van der Waals surface area contributed by atoms with Gasteiger partial charge in [-0.05, 0) is 105 Å². The quantitative estimate of drug-likeness (QED) is 0.326. The van der Waals surface area contributed by atoms with Crippen molar-refractivity contribution in [2.24, 2.45) is 11.8 Å². The number of allylic oxidation sites excluding steroid dienone is 4. The summed E-state index contributed by atoms with van der Waals surface area (Å²) in [5.41, 5.74) is 9.85. The minimum atomic E-state index is 0.735. The lowest BCUT2D eigenvalue weighted by Crippen LogP contribution is -2.04. The fourth-order valence-corrected chi connectivity index (χ4v) is 5.17. The highest BCUT2D eigenvalue weighted by Gasteiger charge is 2.23. The molecule has 0 N–H and O–H groups in total. The lowest BCUT2D eigenvalue weighted by molar-refractivity contribution is 0.385. The van der Waals surface area contributed by atoms with Gasteiger partial charge in [-0.15, -0.1) is 0 Å². The van der Waals surface area contributed by atoms with Gasteiger partial charge in [0, 0.05) is 0 Å². The first kappa shape index (κ1) is 23.6. The Kier molecular flexibility index (Phi) is 8.35. The van der Waals surface area contributed by atoms with Crippen LogP contribution in [0.1, 0.15) is 93.5 Å². The molecule has 0 aliphatic heterocycles.